The number of nitrogens with zero attached hydrogens (tertiary/aromatic N) is 1. The molecule has 0 atom stereocenters. The highest BCUT2D eigenvalue weighted by Gasteiger charge is 2.01. The van der Waals surface area contributed by atoms with Gasteiger partial charge in [0.2, 0.25) is 0 Å². The van der Waals surface area contributed by atoms with Gasteiger partial charge in [0, 0.05) is 0 Å². The molecule has 51 valence electrons. The first-order valence-corrected chi connectivity index (χ1v) is 3.01. The molecule has 0 rings (SSSR count). The SMILES string of the molecule is CCN([B]OC=O)CC. The minimum atomic E-state index is 0.415. The first kappa shape index (κ1) is 8.49. The molecular weight excluding hydrogens is 117 g/mol. The topological polar surface area (TPSA) is 29.5 Å². The average Bonchev–Trinajstić information content (AvgIpc) is 1.91. The summed E-state index contributed by atoms with van der Waals surface area (Å²) < 4.78 is 4.40. The molecule has 0 N–H and O–H groups in total. The quantitative estimate of drug-likeness (QED) is 0.386. The van der Waals surface area contributed by atoms with Gasteiger partial charge in [-0.25, -0.2) is 0 Å². The Morgan fingerprint density at radius 1 is 1.56 bits per heavy atom. The molecule has 0 saturated carbocycles. The van der Waals surface area contributed by atoms with E-state index in [2.05, 4.69) is 4.65 Å². The summed E-state index contributed by atoms with van der Waals surface area (Å²) in [5.74, 6) is 0. The van der Waals surface area contributed by atoms with Crippen molar-refractivity contribution in [1.29, 1.82) is 0 Å². The van der Waals surface area contributed by atoms with Crippen molar-refractivity contribution in [1.82, 2.24) is 4.81 Å². The maximum atomic E-state index is 9.66. The smallest absolute Gasteiger partial charge is 0.482 e. The first-order chi connectivity index (χ1) is 4.35. The van der Waals surface area contributed by atoms with Crippen molar-refractivity contribution in [2.75, 3.05) is 13.1 Å². The van der Waals surface area contributed by atoms with Gasteiger partial charge in [-0.1, -0.05) is 13.8 Å². The standard InChI is InChI=1S/C5H11BNO2/c1-3-7(4-2)6-9-5-8/h5H,3-4H2,1-2H3. The van der Waals surface area contributed by atoms with Gasteiger partial charge in [-0.05, 0) is 13.1 Å². The lowest BCUT2D eigenvalue weighted by Gasteiger charge is -2.12. The molecule has 0 aromatic rings. The predicted octanol–water partition coefficient (Wildman–Crippen LogP) is 0.0354. The van der Waals surface area contributed by atoms with Crippen LogP contribution in [0.4, 0.5) is 0 Å². The van der Waals surface area contributed by atoms with E-state index < -0.39 is 0 Å². The van der Waals surface area contributed by atoms with Crippen molar-refractivity contribution in [2.24, 2.45) is 0 Å². The summed E-state index contributed by atoms with van der Waals surface area (Å²) in [6.45, 7) is 6.13. The molecule has 0 unspecified atom stereocenters. The highest BCUT2D eigenvalue weighted by molar-refractivity contribution is 6.25. The molecule has 0 aliphatic carbocycles. The summed E-state index contributed by atoms with van der Waals surface area (Å²) in [6.07, 6.45) is 0. The molecule has 0 fully saturated rings. The van der Waals surface area contributed by atoms with Crippen molar-refractivity contribution in [3.63, 3.8) is 0 Å². The van der Waals surface area contributed by atoms with Crippen molar-refractivity contribution in [3.05, 3.63) is 0 Å². The normalized spacial score (nSPS) is 9.22. The molecule has 0 amide bonds. The maximum absolute atomic E-state index is 9.66. The van der Waals surface area contributed by atoms with E-state index in [-0.39, 0.29) is 0 Å². The van der Waals surface area contributed by atoms with E-state index in [9.17, 15) is 4.79 Å². The van der Waals surface area contributed by atoms with Crippen LogP contribution in [-0.4, -0.2) is 32.0 Å². The van der Waals surface area contributed by atoms with Crippen molar-refractivity contribution >= 4 is 14.1 Å². The van der Waals surface area contributed by atoms with Gasteiger partial charge < -0.3 is 9.47 Å². The molecule has 9 heavy (non-hydrogen) atoms. The third-order valence-corrected chi connectivity index (χ3v) is 1.08. The van der Waals surface area contributed by atoms with E-state index in [4.69, 9.17) is 0 Å². The minimum absolute atomic E-state index is 0.415. The number of hydrogen-bond acceptors (Lipinski definition) is 3. The molecule has 4 heteroatoms. The maximum Gasteiger partial charge on any atom is 0.482 e. The van der Waals surface area contributed by atoms with Crippen LogP contribution in [0.25, 0.3) is 0 Å². The number of carbonyl (C=O) groups is 1. The summed E-state index contributed by atoms with van der Waals surface area (Å²) in [7, 11) is 1.42. The zero-order chi connectivity index (χ0) is 7.11. The van der Waals surface area contributed by atoms with Gasteiger partial charge >= 0.3 is 7.62 Å². The van der Waals surface area contributed by atoms with Gasteiger partial charge in [0.15, 0.2) is 0 Å². The summed E-state index contributed by atoms with van der Waals surface area (Å²) in [5, 5.41) is 0. The summed E-state index contributed by atoms with van der Waals surface area (Å²) >= 11 is 0. The van der Waals surface area contributed by atoms with Gasteiger partial charge in [0.05, 0.1) is 0 Å². The Morgan fingerprint density at radius 2 is 2.11 bits per heavy atom. The van der Waals surface area contributed by atoms with E-state index >= 15 is 0 Å². The fraction of sp³-hybridized carbons (Fsp3) is 0.800. The number of hydrogen-bond donors (Lipinski definition) is 0. The lowest BCUT2D eigenvalue weighted by atomic mass is 10.2. The van der Waals surface area contributed by atoms with Gasteiger partial charge in [0.1, 0.15) is 0 Å². The molecule has 0 heterocycles. The molecule has 0 aliphatic rings. The lowest BCUT2D eigenvalue weighted by molar-refractivity contribution is -0.121. The fourth-order valence-corrected chi connectivity index (χ4v) is 0.484. The van der Waals surface area contributed by atoms with Gasteiger partial charge in [-0.3, -0.25) is 4.79 Å². The second kappa shape index (κ2) is 5.63. The molecule has 0 bridgehead atoms. The summed E-state index contributed by atoms with van der Waals surface area (Å²) in [6, 6.07) is 0. The van der Waals surface area contributed by atoms with E-state index in [0.29, 0.717) is 6.47 Å². The largest absolute Gasteiger partial charge is 0.524 e. The van der Waals surface area contributed by atoms with Crippen LogP contribution >= 0.6 is 0 Å². The highest BCUT2D eigenvalue weighted by Crippen LogP contribution is 1.81. The van der Waals surface area contributed by atoms with Crippen LogP contribution < -0.4 is 0 Å². The Bertz CT molecular complexity index is 75.4. The first-order valence-electron chi connectivity index (χ1n) is 3.01. The van der Waals surface area contributed by atoms with E-state index in [0.717, 1.165) is 13.1 Å². The number of carbonyl (C=O) groups excluding carboxylic acids is 1. The van der Waals surface area contributed by atoms with Gasteiger partial charge in [-0.15, -0.1) is 0 Å². The van der Waals surface area contributed by atoms with E-state index in [1.807, 2.05) is 18.7 Å². The van der Waals surface area contributed by atoms with Crippen LogP contribution in [0.1, 0.15) is 13.8 Å². The second-order valence-corrected chi connectivity index (χ2v) is 1.56. The molecule has 0 aromatic heterocycles. The number of rotatable bonds is 5. The summed E-state index contributed by atoms with van der Waals surface area (Å²) in [4.78, 5) is 11.5. The Labute approximate surface area is 56.3 Å². The molecular formula is C5H11BNO2. The molecule has 3 nitrogen and oxygen atoms in total. The third-order valence-electron chi connectivity index (χ3n) is 1.08. The van der Waals surface area contributed by atoms with Crippen molar-refractivity contribution < 1.29 is 9.45 Å². The van der Waals surface area contributed by atoms with Gasteiger partial charge in [0.25, 0.3) is 6.47 Å². The highest BCUT2D eigenvalue weighted by atomic mass is 16.5. The molecule has 0 aliphatic heterocycles. The average molecular weight is 128 g/mol. The van der Waals surface area contributed by atoms with Gasteiger partial charge in [-0.2, -0.15) is 0 Å². The lowest BCUT2D eigenvalue weighted by Crippen LogP contribution is -2.28. The van der Waals surface area contributed by atoms with Crippen LogP contribution in [0.3, 0.4) is 0 Å². The van der Waals surface area contributed by atoms with Crippen LogP contribution in [0.5, 0.6) is 0 Å². The second-order valence-electron chi connectivity index (χ2n) is 1.56. The Morgan fingerprint density at radius 3 is 2.44 bits per heavy atom. The van der Waals surface area contributed by atoms with Crippen LogP contribution in [0, 0.1) is 0 Å². The molecule has 0 saturated heterocycles. The Balaban J connectivity index is 3.19. The van der Waals surface area contributed by atoms with Crippen molar-refractivity contribution in [2.45, 2.75) is 13.8 Å². The van der Waals surface area contributed by atoms with Crippen LogP contribution in [0.2, 0.25) is 0 Å². The molecule has 0 spiro atoms. The van der Waals surface area contributed by atoms with Crippen molar-refractivity contribution in [3.8, 4) is 0 Å². The Hall–Kier alpha value is -0.505. The third kappa shape index (κ3) is 4.03. The van der Waals surface area contributed by atoms with E-state index in [1.54, 1.807) is 0 Å². The van der Waals surface area contributed by atoms with Crippen LogP contribution in [-0.2, 0) is 9.45 Å². The van der Waals surface area contributed by atoms with Crippen LogP contribution in [0.15, 0.2) is 0 Å². The monoisotopic (exact) mass is 128 g/mol. The van der Waals surface area contributed by atoms with E-state index in [1.165, 1.54) is 7.62 Å². The Kier molecular flexibility index (Phi) is 5.31. The molecule has 0 aromatic carbocycles. The molecule has 1 radical (unpaired) electrons. The fourth-order valence-electron chi connectivity index (χ4n) is 0.484. The minimum Gasteiger partial charge on any atom is -0.524 e. The summed E-state index contributed by atoms with van der Waals surface area (Å²) in [5.41, 5.74) is 0. The zero-order valence-electron chi connectivity index (χ0n) is 5.83. The predicted molar refractivity (Wildman–Crippen MR) is 35.8 cm³/mol. The zero-order valence-corrected chi connectivity index (χ0v) is 5.83.